The van der Waals surface area contributed by atoms with Crippen LogP contribution in [0.15, 0.2) is 30.3 Å². The van der Waals surface area contributed by atoms with Gasteiger partial charge in [0.05, 0.1) is 6.61 Å². The lowest BCUT2D eigenvalue weighted by Crippen LogP contribution is -2.23. The Morgan fingerprint density at radius 3 is 2.62 bits per heavy atom. The number of aliphatic carboxylic acids is 1. The number of nitrogens with two attached hydrogens (primary N) is 1. The average Bonchev–Trinajstić information content (AvgIpc) is 2.82. The summed E-state index contributed by atoms with van der Waals surface area (Å²) in [5.74, 6) is -2.05. The van der Waals surface area contributed by atoms with Crippen molar-refractivity contribution in [3.05, 3.63) is 41.6 Å². The van der Waals surface area contributed by atoms with Crippen LogP contribution in [0.2, 0.25) is 0 Å². The van der Waals surface area contributed by atoms with Crippen molar-refractivity contribution in [1.82, 2.24) is 15.0 Å². The Morgan fingerprint density at radius 2 is 2.05 bits per heavy atom. The molecule has 110 valence electrons. The molecule has 3 N–H and O–H groups in total. The number of hydrogen-bond donors (Lipinski definition) is 2. The Bertz CT molecular complexity index is 653. The number of carboxylic acid groups (broad SMARTS) is 1. The lowest BCUT2D eigenvalue weighted by molar-refractivity contribution is -0.139. The largest absolute Gasteiger partial charge is 0.479 e. The van der Waals surface area contributed by atoms with E-state index < -0.39 is 18.0 Å². The zero-order valence-corrected chi connectivity index (χ0v) is 11.3. The van der Waals surface area contributed by atoms with Gasteiger partial charge >= 0.3 is 11.9 Å². The molecule has 0 bridgehead atoms. The van der Waals surface area contributed by atoms with E-state index in [4.69, 9.17) is 10.5 Å². The van der Waals surface area contributed by atoms with Crippen LogP contribution in [0.1, 0.15) is 29.0 Å². The van der Waals surface area contributed by atoms with E-state index in [-0.39, 0.29) is 18.1 Å². The van der Waals surface area contributed by atoms with Crippen molar-refractivity contribution in [3.8, 4) is 0 Å². The van der Waals surface area contributed by atoms with Crippen LogP contribution < -0.4 is 5.73 Å². The summed E-state index contributed by atoms with van der Waals surface area (Å²) < 4.78 is 5.78. The first-order valence-electron chi connectivity index (χ1n) is 6.21. The highest BCUT2D eigenvalue weighted by Crippen LogP contribution is 2.22. The lowest BCUT2D eigenvalue weighted by Gasteiger charge is -2.13. The van der Waals surface area contributed by atoms with Crippen LogP contribution >= 0.6 is 0 Å². The highest BCUT2D eigenvalue weighted by atomic mass is 16.5. The van der Waals surface area contributed by atoms with Crippen molar-refractivity contribution in [3.63, 3.8) is 0 Å². The van der Waals surface area contributed by atoms with E-state index in [1.54, 1.807) is 37.3 Å². The van der Waals surface area contributed by atoms with Crippen molar-refractivity contribution in [2.24, 2.45) is 0 Å². The third-order valence-corrected chi connectivity index (χ3v) is 2.79. The highest BCUT2D eigenvalue weighted by molar-refractivity contribution is 5.92. The van der Waals surface area contributed by atoms with E-state index in [0.717, 1.165) is 4.68 Å². The molecule has 2 aromatic rings. The first-order valence-corrected chi connectivity index (χ1v) is 6.21. The quantitative estimate of drug-likeness (QED) is 0.778. The average molecular weight is 290 g/mol. The van der Waals surface area contributed by atoms with Gasteiger partial charge < -0.3 is 15.6 Å². The minimum atomic E-state index is -1.16. The molecule has 0 fully saturated rings. The second-order valence-corrected chi connectivity index (χ2v) is 4.14. The fourth-order valence-electron chi connectivity index (χ4n) is 1.86. The van der Waals surface area contributed by atoms with Gasteiger partial charge in [-0.3, -0.25) is 0 Å². The number of aromatic nitrogens is 3. The van der Waals surface area contributed by atoms with Crippen molar-refractivity contribution < 1.29 is 19.4 Å². The van der Waals surface area contributed by atoms with Gasteiger partial charge in [0.15, 0.2) is 11.9 Å². The predicted molar refractivity (Wildman–Crippen MR) is 72.6 cm³/mol. The summed E-state index contributed by atoms with van der Waals surface area (Å²) >= 11 is 0. The second kappa shape index (κ2) is 6.04. The van der Waals surface area contributed by atoms with E-state index in [2.05, 4.69) is 10.3 Å². The highest BCUT2D eigenvalue weighted by Gasteiger charge is 2.28. The van der Waals surface area contributed by atoms with Crippen LogP contribution in [-0.2, 0) is 9.53 Å². The first kappa shape index (κ1) is 14.5. The van der Waals surface area contributed by atoms with Crippen LogP contribution in [0, 0.1) is 0 Å². The fourth-order valence-corrected chi connectivity index (χ4v) is 1.86. The maximum absolute atomic E-state index is 11.6. The maximum Gasteiger partial charge on any atom is 0.362 e. The van der Waals surface area contributed by atoms with Crippen LogP contribution in [0.4, 0.5) is 5.82 Å². The van der Waals surface area contributed by atoms with Gasteiger partial charge in [-0.15, -0.1) is 5.10 Å². The number of nitrogen functional groups attached to an aromatic ring is 1. The number of rotatable bonds is 5. The molecular weight excluding hydrogens is 276 g/mol. The molecule has 0 amide bonds. The third-order valence-electron chi connectivity index (χ3n) is 2.79. The van der Waals surface area contributed by atoms with Crippen LogP contribution in [0.3, 0.4) is 0 Å². The monoisotopic (exact) mass is 290 g/mol. The number of ether oxygens (including phenoxy) is 1. The van der Waals surface area contributed by atoms with Crippen LogP contribution in [0.25, 0.3) is 0 Å². The number of carbonyl (C=O) groups is 2. The molecule has 1 atom stereocenters. The summed E-state index contributed by atoms with van der Waals surface area (Å²) in [7, 11) is 0. The smallest absolute Gasteiger partial charge is 0.362 e. The summed E-state index contributed by atoms with van der Waals surface area (Å²) in [5, 5.41) is 16.7. The standard InChI is InChI=1S/C13H14N4O4/c1-2-21-13(20)9-11(14)17(16-15-9)10(12(18)19)8-6-4-3-5-7-8/h3-7,10H,2,14H2,1H3,(H,18,19). The number of carboxylic acids is 1. The van der Waals surface area contributed by atoms with Crippen molar-refractivity contribution >= 4 is 17.8 Å². The van der Waals surface area contributed by atoms with E-state index in [0.29, 0.717) is 5.56 Å². The minimum absolute atomic E-state index is 0.148. The third kappa shape index (κ3) is 2.83. The van der Waals surface area contributed by atoms with Crippen molar-refractivity contribution in [2.75, 3.05) is 12.3 Å². The molecule has 1 unspecified atom stereocenters. The van der Waals surface area contributed by atoms with E-state index in [1.165, 1.54) is 0 Å². The maximum atomic E-state index is 11.6. The first-order chi connectivity index (χ1) is 10.1. The topological polar surface area (TPSA) is 120 Å². The summed E-state index contributed by atoms with van der Waals surface area (Å²) in [6.07, 6.45) is 0. The van der Waals surface area contributed by atoms with E-state index >= 15 is 0 Å². The molecule has 1 aromatic heterocycles. The Morgan fingerprint density at radius 1 is 1.38 bits per heavy atom. The van der Waals surface area contributed by atoms with E-state index in [1.807, 2.05) is 0 Å². The molecule has 8 heteroatoms. The molecule has 8 nitrogen and oxygen atoms in total. The number of carbonyl (C=O) groups excluding carboxylic acids is 1. The number of anilines is 1. The number of nitrogens with zero attached hydrogens (tertiary/aromatic N) is 3. The molecule has 0 aliphatic rings. The predicted octanol–water partition coefficient (Wildman–Crippen LogP) is 0.711. The molecule has 0 saturated carbocycles. The molecule has 0 spiro atoms. The lowest BCUT2D eigenvalue weighted by atomic mass is 10.1. The number of hydrogen-bond acceptors (Lipinski definition) is 6. The molecule has 1 heterocycles. The minimum Gasteiger partial charge on any atom is -0.479 e. The number of benzene rings is 1. The molecule has 0 aliphatic heterocycles. The molecule has 21 heavy (non-hydrogen) atoms. The Kier molecular flexibility index (Phi) is 4.17. The summed E-state index contributed by atoms with van der Waals surface area (Å²) in [5.41, 5.74) is 6.06. The van der Waals surface area contributed by atoms with Gasteiger partial charge in [-0.25, -0.2) is 14.3 Å². The zero-order valence-electron chi connectivity index (χ0n) is 11.3. The van der Waals surface area contributed by atoms with Gasteiger partial charge in [-0.05, 0) is 12.5 Å². The second-order valence-electron chi connectivity index (χ2n) is 4.14. The van der Waals surface area contributed by atoms with Crippen LogP contribution in [-0.4, -0.2) is 38.6 Å². The van der Waals surface area contributed by atoms with Gasteiger partial charge in [0.1, 0.15) is 0 Å². The summed E-state index contributed by atoms with van der Waals surface area (Å²) in [6, 6.07) is 7.25. The summed E-state index contributed by atoms with van der Waals surface area (Å²) in [6.45, 7) is 1.80. The van der Waals surface area contributed by atoms with Crippen molar-refractivity contribution in [1.29, 1.82) is 0 Å². The Hall–Kier alpha value is -2.90. The molecule has 2 rings (SSSR count). The molecule has 0 saturated heterocycles. The summed E-state index contributed by atoms with van der Waals surface area (Å²) in [4.78, 5) is 23.1. The Balaban J connectivity index is 2.44. The molecule has 0 radical (unpaired) electrons. The van der Waals surface area contributed by atoms with Gasteiger partial charge in [-0.1, -0.05) is 35.5 Å². The SMILES string of the molecule is CCOC(=O)c1nnn(C(C(=O)O)c2ccccc2)c1N. The van der Waals surface area contributed by atoms with Gasteiger partial charge in [0.25, 0.3) is 0 Å². The van der Waals surface area contributed by atoms with Crippen LogP contribution in [0.5, 0.6) is 0 Å². The zero-order chi connectivity index (χ0) is 15.4. The number of esters is 1. The van der Waals surface area contributed by atoms with Crippen molar-refractivity contribution in [2.45, 2.75) is 13.0 Å². The Labute approximate surface area is 120 Å². The molecule has 0 aliphatic carbocycles. The van der Waals surface area contributed by atoms with Gasteiger partial charge in [0, 0.05) is 0 Å². The van der Waals surface area contributed by atoms with E-state index in [9.17, 15) is 14.7 Å². The molecule has 1 aromatic carbocycles. The van der Waals surface area contributed by atoms with Gasteiger partial charge in [-0.2, -0.15) is 0 Å². The normalized spacial score (nSPS) is 11.9. The van der Waals surface area contributed by atoms with Gasteiger partial charge in [0.2, 0.25) is 5.69 Å². The molecular formula is C13H14N4O4. The fraction of sp³-hybridized carbons (Fsp3) is 0.231.